The van der Waals surface area contributed by atoms with Gasteiger partial charge in [0.2, 0.25) is 17.8 Å². The first-order valence-corrected chi connectivity index (χ1v) is 21.1. The minimum absolute atomic E-state index is 0.122. The number of carbonyl (C=O) groups is 4. The Hall–Kier alpha value is -6.26. The second-order valence-electron chi connectivity index (χ2n) is 17.1. The van der Waals surface area contributed by atoms with E-state index in [0.717, 1.165) is 65.3 Å². The number of ether oxygens (including phenoxy) is 1. The molecule has 5 aromatic rings. The number of imidazole rings is 2. The minimum Gasteiger partial charge on any atom is -0.465 e. The summed E-state index contributed by atoms with van der Waals surface area (Å²) in [5.41, 5.74) is 5.90. The van der Waals surface area contributed by atoms with E-state index in [1.54, 1.807) is 9.80 Å². The molecule has 3 fully saturated rings. The Labute approximate surface area is 352 Å². The van der Waals surface area contributed by atoms with Crippen LogP contribution in [0.4, 0.5) is 19.7 Å². The number of methoxy groups -OCH3 is 1. The van der Waals surface area contributed by atoms with Crippen LogP contribution in [-0.4, -0.2) is 96.1 Å². The number of nitrogens with zero attached hydrogens (tertiary/aromatic N) is 6. The van der Waals surface area contributed by atoms with Gasteiger partial charge in [0, 0.05) is 31.0 Å². The van der Waals surface area contributed by atoms with E-state index in [2.05, 4.69) is 54.8 Å². The number of carbonyl (C=O) groups excluding carboxylic acids is 3. The van der Waals surface area contributed by atoms with Crippen molar-refractivity contribution < 1.29 is 33.4 Å². The summed E-state index contributed by atoms with van der Waals surface area (Å²) in [5, 5.41) is 14.5. The summed E-state index contributed by atoms with van der Waals surface area (Å²) in [6, 6.07) is 13.1. The zero-order valence-electron chi connectivity index (χ0n) is 35.0. The van der Waals surface area contributed by atoms with Crippen LogP contribution in [0.25, 0.3) is 22.1 Å². The summed E-state index contributed by atoms with van der Waals surface area (Å²) in [6.45, 7) is 8.48. The van der Waals surface area contributed by atoms with Crippen molar-refractivity contribution in [3.05, 3.63) is 83.5 Å². The van der Waals surface area contributed by atoms with Crippen molar-refractivity contribution >= 4 is 51.8 Å². The van der Waals surface area contributed by atoms with Crippen molar-refractivity contribution in [1.29, 1.82) is 0 Å². The molecule has 322 valence electrons. The highest BCUT2D eigenvalue weighted by molar-refractivity contribution is 5.87. The Bertz CT molecular complexity index is 2450. The fourth-order valence-corrected chi connectivity index (χ4v) is 9.54. The molecule has 6 atom stereocenters. The fraction of sp³-hybridized carbons (Fsp3) is 0.477. The monoisotopic (exact) mass is 836 g/mol. The molecule has 3 saturated heterocycles. The van der Waals surface area contributed by atoms with Gasteiger partial charge in [0.1, 0.15) is 23.7 Å². The maximum absolute atomic E-state index is 14.8. The third-order valence-corrected chi connectivity index (χ3v) is 12.5. The van der Waals surface area contributed by atoms with Gasteiger partial charge in [-0.1, -0.05) is 39.8 Å². The van der Waals surface area contributed by atoms with Gasteiger partial charge in [-0.3, -0.25) is 9.59 Å². The smallest absolute Gasteiger partial charge is 0.407 e. The SMILES string of the molecule is COC(=O)N[C@H](C(=O)N1CCC[C@H]1c1nc2ccc([C@H]3CC[C@H](c4ccc5nc([C@@H]6CCCN6C(=O)[C@@H](NC(=O)O)C(C)C)[nH]c5c4)N3c3ccnc(F)c3)cc2[nH]1)C(C)C. The van der Waals surface area contributed by atoms with E-state index in [9.17, 15) is 28.7 Å². The van der Waals surface area contributed by atoms with E-state index < -0.39 is 30.2 Å². The minimum atomic E-state index is -1.23. The maximum atomic E-state index is 14.8. The van der Waals surface area contributed by atoms with Crippen molar-refractivity contribution in [3.63, 3.8) is 0 Å². The second kappa shape index (κ2) is 17.0. The van der Waals surface area contributed by atoms with Gasteiger partial charge in [-0.2, -0.15) is 4.39 Å². The predicted molar refractivity (Wildman–Crippen MR) is 225 cm³/mol. The number of hydrogen-bond acceptors (Lipinski definition) is 9. The zero-order chi connectivity index (χ0) is 43.1. The standard InChI is InChI=1S/C44H53FN10O6/c1-23(2)37(51-43(58)59)41(56)53-18-6-8-34(53)39-47-28-12-10-25(20-30(28)49-39)32-14-15-33(55(32)27-16-17-46-36(45)22-27)26-11-13-29-31(21-26)50-40(48-29)35-9-7-19-54(35)42(57)38(24(3)4)52-44(60)61-5/h10-13,16-17,20-24,32-35,37-38,51H,6-9,14-15,18-19H2,1-5H3,(H,47,49)(H,48,50)(H,52,60)(H,58,59)/t32-,33-,34+,35+,37+,38+/m1/s1. The highest BCUT2D eigenvalue weighted by atomic mass is 19.1. The predicted octanol–water partition coefficient (Wildman–Crippen LogP) is 7.06. The summed E-state index contributed by atoms with van der Waals surface area (Å²) >= 11 is 0. The van der Waals surface area contributed by atoms with E-state index >= 15 is 0 Å². The summed E-state index contributed by atoms with van der Waals surface area (Å²) in [4.78, 5) is 77.5. The van der Waals surface area contributed by atoms with Crippen molar-refractivity contribution in [2.75, 3.05) is 25.1 Å². The highest BCUT2D eigenvalue weighted by Crippen LogP contribution is 2.48. The lowest BCUT2D eigenvalue weighted by Crippen LogP contribution is -2.51. The van der Waals surface area contributed by atoms with Gasteiger partial charge in [-0.05, 0) is 91.8 Å². The number of benzene rings is 2. The number of nitrogens with one attached hydrogen (secondary N) is 4. The number of likely N-dealkylation sites (tertiary alicyclic amines) is 2. The molecule has 3 aliphatic heterocycles. The molecule has 0 radical (unpaired) electrons. The van der Waals surface area contributed by atoms with E-state index in [4.69, 9.17) is 14.7 Å². The van der Waals surface area contributed by atoms with Crippen LogP contribution in [0, 0.1) is 17.8 Å². The van der Waals surface area contributed by atoms with Crippen LogP contribution in [0.5, 0.6) is 0 Å². The summed E-state index contributed by atoms with van der Waals surface area (Å²) in [7, 11) is 1.28. The lowest BCUT2D eigenvalue weighted by Gasteiger charge is -2.33. The third-order valence-electron chi connectivity index (χ3n) is 12.5. The molecule has 0 aliphatic carbocycles. The Morgan fingerprint density at radius 3 is 1.70 bits per heavy atom. The number of aromatic amines is 2. The van der Waals surface area contributed by atoms with Crippen molar-refractivity contribution in [1.82, 2.24) is 45.4 Å². The number of fused-ring (bicyclic) bond motifs is 2. The molecule has 3 aliphatic rings. The van der Waals surface area contributed by atoms with Crippen LogP contribution < -0.4 is 15.5 Å². The third kappa shape index (κ3) is 8.16. The van der Waals surface area contributed by atoms with E-state index in [1.165, 1.54) is 19.4 Å². The van der Waals surface area contributed by atoms with Gasteiger partial charge in [0.15, 0.2) is 0 Å². The highest BCUT2D eigenvalue weighted by Gasteiger charge is 2.40. The Morgan fingerprint density at radius 2 is 1.25 bits per heavy atom. The number of alkyl carbamates (subject to hydrolysis) is 1. The first-order valence-electron chi connectivity index (χ1n) is 21.1. The Kier molecular flexibility index (Phi) is 11.6. The Balaban J connectivity index is 1.07. The number of rotatable bonds is 11. The molecule has 17 heteroatoms. The van der Waals surface area contributed by atoms with E-state index in [-0.39, 0.29) is 47.8 Å². The number of aromatic nitrogens is 5. The molecule has 0 unspecified atom stereocenters. The molecule has 5 N–H and O–H groups in total. The molecule has 8 rings (SSSR count). The van der Waals surface area contributed by atoms with Gasteiger partial charge in [0.05, 0.1) is 53.3 Å². The fourth-order valence-electron chi connectivity index (χ4n) is 9.54. The number of pyridine rings is 1. The average Bonchev–Trinajstić information content (AvgIpc) is 4.08. The molecular formula is C44H53FN10O6. The van der Waals surface area contributed by atoms with Crippen LogP contribution in [0.15, 0.2) is 54.7 Å². The number of amides is 4. The van der Waals surface area contributed by atoms with Gasteiger partial charge in [0.25, 0.3) is 0 Å². The molecule has 0 saturated carbocycles. The van der Waals surface area contributed by atoms with Gasteiger partial charge < -0.3 is 45.1 Å². The molecule has 6 heterocycles. The summed E-state index contributed by atoms with van der Waals surface area (Å²) in [6.07, 6.45) is 4.17. The number of hydrogen-bond donors (Lipinski definition) is 5. The van der Waals surface area contributed by atoms with Crippen molar-refractivity contribution in [2.45, 2.75) is 102 Å². The number of anilines is 1. The molecule has 16 nitrogen and oxygen atoms in total. The summed E-state index contributed by atoms with van der Waals surface area (Å²) < 4.78 is 19.6. The van der Waals surface area contributed by atoms with E-state index in [0.29, 0.717) is 36.8 Å². The number of carboxylic acid groups (broad SMARTS) is 1. The van der Waals surface area contributed by atoms with Crippen LogP contribution >= 0.6 is 0 Å². The van der Waals surface area contributed by atoms with Crippen molar-refractivity contribution in [3.8, 4) is 0 Å². The Morgan fingerprint density at radius 1 is 0.738 bits per heavy atom. The normalized spacial score (nSPS) is 21.5. The summed E-state index contributed by atoms with van der Waals surface area (Å²) in [5.74, 6) is -0.0416. The first-order chi connectivity index (χ1) is 29.3. The van der Waals surface area contributed by atoms with Crippen LogP contribution in [-0.2, 0) is 14.3 Å². The molecule has 0 spiro atoms. The maximum Gasteiger partial charge on any atom is 0.407 e. The lowest BCUT2D eigenvalue weighted by molar-refractivity contribution is -0.136. The van der Waals surface area contributed by atoms with Gasteiger partial charge in [-0.15, -0.1) is 0 Å². The van der Waals surface area contributed by atoms with E-state index in [1.807, 2.05) is 45.9 Å². The number of halogens is 1. The molecule has 2 aromatic carbocycles. The molecule has 4 amide bonds. The molecule has 0 bridgehead atoms. The molecular weight excluding hydrogens is 784 g/mol. The van der Waals surface area contributed by atoms with Crippen LogP contribution in [0.3, 0.4) is 0 Å². The first kappa shape index (κ1) is 41.5. The largest absolute Gasteiger partial charge is 0.465 e. The lowest BCUT2D eigenvalue weighted by atomic mass is 10.0. The van der Waals surface area contributed by atoms with Crippen molar-refractivity contribution in [2.24, 2.45) is 11.8 Å². The topological polar surface area (TPSA) is 202 Å². The molecule has 3 aromatic heterocycles. The van der Waals surface area contributed by atoms with Crippen LogP contribution in [0.2, 0.25) is 0 Å². The van der Waals surface area contributed by atoms with Crippen LogP contribution in [0.1, 0.15) is 113 Å². The quantitative estimate of drug-likeness (QED) is 0.0858. The number of H-pyrrole nitrogens is 2. The average molecular weight is 837 g/mol. The zero-order valence-corrected chi connectivity index (χ0v) is 35.0. The molecule has 61 heavy (non-hydrogen) atoms. The van der Waals surface area contributed by atoms with Gasteiger partial charge in [-0.25, -0.2) is 24.5 Å². The second-order valence-corrected chi connectivity index (χ2v) is 17.1. The van der Waals surface area contributed by atoms with Gasteiger partial charge >= 0.3 is 12.2 Å².